The van der Waals surface area contributed by atoms with Gasteiger partial charge in [-0.15, -0.1) is 0 Å². The summed E-state index contributed by atoms with van der Waals surface area (Å²) in [6.45, 7) is 9.90. The van der Waals surface area contributed by atoms with Crippen molar-refractivity contribution in [3.8, 4) is 0 Å². The molecule has 2 heterocycles. The van der Waals surface area contributed by atoms with E-state index in [0.29, 0.717) is 31.8 Å². The molecule has 0 N–H and O–H groups in total. The Morgan fingerprint density at radius 1 is 1.19 bits per heavy atom. The van der Waals surface area contributed by atoms with Crippen molar-refractivity contribution in [3.05, 3.63) is 60.2 Å². The smallest absolute Gasteiger partial charge is 0.139 e. The Morgan fingerprint density at radius 2 is 1.92 bits per heavy atom. The Balaban J connectivity index is 1.52. The Morgan fingerprint density at radius 3 is 2.65 bits per heavy atom. The number of imidazole rings is 1. The number of benzene rings is 1. The molecule has 1 aliphatic heterocycles. The molecule has 3 rings (SSSR count). The number of rotatable bonds is 8. The van der Waals surface area contributed by atoms with Gasteiger partial charge in [0.25, 0.3) is 0 Å². The second-order valence-corrected chi connectivity index (χ2v) is 6.84. The van der Waals surface area contributed by atoms with Crippen LogP contribution in [0.4, 0.5) is 0 Å². The first kappa shape index (κ1) is 18.5. The average Bonchev–Trinajstić information content (AvgIpc) is 3.02. The number of carbonyl (C=O) groups excluding carboxylic acids is 1. The normalized spacial score (nSPS) is 15.3. The van der Waals surface area contributed by atoms with Crippen molar-refractivity contribution in [2.24, 2.45) is 0 Å². The van der Waals surface area contributed by atoms with E-state index >= 15 is 0 Å². The van der Waals surface area contributed by atoms with Gasteiger partial charge in [0.2, 0.25) is 0 Å². The number of nitrogens with zero attached hydrogens (tertiary/aromatic N) is 3. The molecule has 1 fully saturated rings. The van der Waals surface area contributed by atoms with Gasteiger partial charge in [-0.05, 0) is 12.5 Å². The van der Waals surface area contributed by atoms with Gasteiger partial charge in [0.15, 0.2) is 0 Å². The first-order valence-electron chi connectivity index (χ1n) is 9.20. The van der Waals surface area contributed by atoms with E-state index in [1.165, 1.54) is 0 Å². The van der Waals surface area contributed by atoms with Crippen LogP contribution in [0.15, 0.2) is 43.1 Å². The number of ether oxygens (including phenoxy) is 1. The van der Waals surface area contributed by atoms with Crippen molar-refractivity contribution in [2.75, 3.05) is 19.6 Å². The summed E-state index contributed by atoms with van der Waals surface area (Å²) >= 11 is 0. The highest BCUT2D eigenvalue weighted by Crippen LogP contribution is 2.16. The quantitative estimate of drug-likeness (QED) is 0.729. The lowest BCUT2D eigenvalue weighted by Gasteiger charge is -2.26. The maximum Gasteiger partial charge on any atom is 0.139 e. The summed E-state index contributed by atoms with van der Waals surface area (Å²) in [5.74, 6) is 1.26. The zero-order valence-electron chi connectivity index (χ0n) is 15.5. The first-order chi connectivity index (χ1) is 12.6. The highest BCUT2D eigenvalue weighted by atomic mass is 16.5. The van der Waals surface area contributed by atoms with Gasteiger partial charge >= 0.3 is 0 Å². The SMILES string of the molecule is C=C(CCN1CCC(=O)CC1)n1cc(C)nc1COCc1ccccc1. The third-order valence-electron chi connectivity index (χ3n) is 4.71. The van der Waals surface area contributed by atoms with Gasteiger partial charge in [0.1, 0.15) is 18.2 Å². The van der Waals surface area contributed by atoms with Crippen LogP contribution in [-0.4, -0.2) is 39.9 Å². The molecule has 138 valence electrons. The number of hydrogen-bond donors (Lipinski definition) is 0. The average molecular weight is 353 g/mol. The molecule has 0 amide bonds. The van der Waals surface area contributed by atoms with Crippen molar-refractivity contribution >= 4 is 11.5 Å². The Hall–Kier alpha value is -2.24. The first-order valence-corrected chi connectivity index (χ1v) is 9.20. The third-order valence-corrected chi connectivity index (χ3v) is 4.71. The van der Waals surface area contributed by atoms with E-state index in [0.717, 1.165) is 48.8 Å². The zero-order valence-corrected chi connectivity index (χ0v) is 15.5. The zero-order chi connectivity index (χ0) is 18.4. The van der Waals surface area contributed by atoms with Gasteiger partial charge in [-0.2, -0.15) is 0 Å². The van der Waals surface area contributed by atoms with Gasteiger partial charge in [-0.3, -0.25) is 4.79 Å². The van der Waals surface area contributed by atoms with Crippen LogP contribution < -0.4 is 0 Å². The molecule has 1 aliphatic rings. The van der Waals surface area contributed by atoms with E-state index in [1.54, 1.807) is 0 Å². The predicted molar refractivity (Wildman–Crippen MR) is 103 cm³/mol. The Labute approximate surface area is 155 Å². The third kappa shape index (κ3) is 5.13. The summed E-state index contributed by atoms with van der Waals surface area (Å²) < 4.78 is 7.89. The van der Waals surface area contributed by atoms with Crippen molar-refractivity contribution in [1.82, 2.24) is 14.5 Å². The lowest BCUT2D eigenvalue weighted by Crippen LogP contribution is -2.34. The molecule has 0 bridgehead atoms. The molecule has 0 unspecified atom stereocenters. The van der Waals surface area contributed by atoms with Gasteiger partial charge in [0, 0.05) is 50.8 Å². The molecule has 5 nitrogen and oxygen atoms in total. The number of aromatic nitrogens is 2. The largest absolute Gasteiger partial charge is 0.369 e. The maximum absolute atomic E-state index is 11.3. The fourth-order valence-electron chi connectivity index (χ4n) is 3.19. The number of ketones is 1. The molecule has 5 heteroatoms. The molecule has 0 atom stereocenters. The van der Waals surface area contributed by atoms with Crippen LogP contribution >= 0.6 is 0 Å². The molecule has 1 saturated heterocycles. The van der Waals surface area contributed by atoms with E-state index in [1.807, 2.05) is 31.3 Å². The molecule has 1 aromatic carbocycles. The van der Waals surface area contributed by atoms with Crippen LogP contribution in [0, 0.1) is 6.92 Å². The van der Waals surface area contributed by atoms with E-state index in [9.17, 15) is 4.79 Å². The van der Waals surface area contributed by atoms with Crippen LogP contribution in [0.3, 0.4) is 0 Å². The lowest BCUT2D eigenvalue weighted by molar-refractivity contribution is -0.121. The highest BCUT2D eigenvalue weighted by molar-refractivity contribution is 5.79. The Bertz CT molecular complexity index is 742. The number of piperidine rings is 1. The summed E-state index contributed by atoms with van der Waals surface area (Å²) in [5, 5.41) is 0. The molecule has 0 spiro atoms. The van der Waals surface area contributed by atoms with Crippen molar-refractivity contribution < 1.29 is 9.53 Å². The predicted octanol–water partition coefficient (Wildman–Crippen LogP) is 3.43. The summed E-state index contributed by atoms with van der Waals surface area (Å²) in [5.41, 5.74) is 3.13. The minimum atomic E-state index is 0.378. The van der Waals surface area contributed by atoms with Crippen molar-refractivity contribution in [3.63, 3.8) is 0 Å². The van der Waals surface area contributed by atoms with Gasteiger partial charge in [-0.1, -0.05) is 36.9 Å². The van der Waals surface area contributed by atoms with Crippen LogP contribution in [0.1, 0.15) is 36.3 Å². The fourth-order valence-corrected chi connectivity index (χ4v) is 3.19. The number of hydrogen-bond acceptors (Lipinski definition) is 4. The van der Waals surface area contributed by atoms with Crippen LogP contribution in [0.2, 0.25) is 0 Å². The maximum atomic E-state index is 11.3. The van der Waals surface area contributed by atoms with E-state index < -0.39 is 0 Å². The van der Waals surface area contributed by atoms with Crippen molar-refractivity contribution in [2.45, 2.75) is 39.4 Å². The van der Waals surface area contributed by atoms with Crippen molar-refractivity contribution in [1.29, 1.82) is 0 Å². The van der Waals surface area contributed by atoms with E-state index in [2.05, 4.69) is 33.2 Å². The highest BCUT2D eigenvalue weighted by Gasteiger charge is 2.16. The number of carbonyl (C=O) groups is 1. The summed E-state index contributed by atoms with van der Waals surface area (Å²) in [6, 6.07) is 10.1. The molecule has 0 radical (unpaired) electrons. The summed E-state index contributed by atoms with van der Waals surface area (Å²) in [6.07, 6.45) is 4.23. The van der Waals surface area contributed by atoms with Gasteiger partial charge in [0.05, 0.1) is 12.3 Å². The standard InChI is InChI=1S/C21H27N3O2/c1-17-14-24(18(2)8-11-23-12-9-20(25)10-13-23)21(22-17)16-26-15-19-6-4-3-5-7-19/h3-7,14H,2,8-13,15-16H2,1H3. The monoisotopic (exact) mass is 353 g/mol. The van der Waals surface area contributed by atoms with Crippen LogP contribution in [0.25, 0.3) is 5.70 Å². The molecular weight excluding hydrogens is 326 g/mol. The molecule has 1 aromatic heterocycles. The van der Waals surface area contributed by atoms with E-state index in [-0.39, 0.29) is 0 Å². The van der Waals surface area contributed by atoms with Gasteiger partial charge in [-0.25, -0.2) is 4.98 Å². The minimum Gasteiger partial charge on any atom is -0.369 e. The number of Topliss-reactive ketones (excluding diaryl/α,β-unsaturated/α-hetero) is 1. The van der Waals surface area contributed by atoms with Crippen LogP contribution in [0.5, 0.6) is 0 Å². The molecule has 0 saturated carbocycles. The molecule has 2 aromatic rings. The number of likely N-dealkylation sites (tertiary alicyclic amines) is 1. The fraction of sp³-hybridized carbons (Fsp3) is 0.429. The topological polar surface area (TPSA) is 47.4 Å². The molecular formula is C21H27N3O2. The second kappa shape index (κ2) is 8.92. The van der Waals surface area contributed by atoms with Crippen LogP contribution in [-0.2, 0) is 22.7 Å². The van der Waals surface area contributed by atoms with E-state index in [4.69, 9.17) is 4.74 Å². The lowest BCUT2D eigenvalue weighted by atomic mass is 10.1. The Kier molecular flexibility index (Phi) is 6.36. The molecule has 0 aliphatic carbocycles. The summed E-state index contributed by atoms with van der Waals surface area (Å²) in [7, 11) is 0. The minimum absolute atomic E-state index is 0.378. The molecule has 26 heavy (non-hydrogen) atoms. The number of aryl methyl sites for hydroxylation is 1. The van der Waals surface area contributed by atoms with Gasteiger partial charge < -0.3 is 14.2 Å². The second-order valence-electron chi connectivity index (χ2n) is 6.84. The summed E-state index contributed by atoms with van der Waals surface area (Å²) in [4.78, 5) is 18.3.